The zero-order chi connectivity index (χ0) is 22.9. The van der Waals surface area contributed by atoms with Crippen molar-refractivity contribution in [3.8, 4) is 33.2 Å². The molecule has 1 aromatic carbocycles. The van der Waals surface area contributed by atoms with Crippen LogP contribution >= 0.6 is 22.9 Å². The summed E-state index contributed by atoms with van der Waals surface area (Å²) in [6, 6.07) is 9.50. The molecule has 4 heterocycles. The molecule has 2 aliphatic rings. The van der Waals surface area contributed by atoms with Gasteiger partial charge < -0.3 is 19.5 Å². The molecule has 1 fully saturated rings. The van der Waals surface area contributed by atoms with Crippen LogP contribution in [0.3, 0.4) is 0 Å². The van der Waals surface area contributed by atoms with Gasteiger partial charge in [-0.1, -0.05) is 24.6 Å². The van der Waals surface area contributed by atoms with Crippen LogP contribution in [0.1, 0.15) is 30.1 Å². The summed E-state index contributed by atoms with van der Waals surface area (Å²) in [5, 5.41) is 11.9. The number of likely N-dealkylation sites (tertiary alicyclic amines) is 1. The largest absolute Gasteiger partial charge is 0.483 e. The first-order chi connectivity index (χ1) is 16.0. The zero-order valence-electron chi connectivity index (χ0n) is 18.3. The Bertz CT molecular complexity index is 1170. The molecule has 1 saturated heterocycles. The van der Waals surface area contributed by atoms with E-state index in [9.17, 15) is 9.90 Å². The molecular weight excluding hydrogens is 460 g/mol. The van der Waals surface area contributed by atoms with Crippen LogP contribution in [0, 0.1) is 5.92 Å². The third-order valence-corrected chi connectivity index (χ3v) is 7.51. The fourth-order valence-corrected chi connectivity index (χ4v) is 5.49. The number of aromatic nitrogens is 1. The molecule has 33 heavy (non-hydrogen) atoms. The molecule has 5 rings (SSSR count). The number of benzene rings is 1. The maximum atomic E-state index is 12.9. The van der Waals surface area contributed by atoms with Gasteiger partial charge in [0, 0.05) is 40.9 Å². The predicted octanol–water partition coefficient (Wildman–Crippen LogP) is 5.13. The van der Waals surface area contributed by atoms with Gasteiger partial charge in [0.05, 0.1) is 11.6 Å². The fourth-order valence-electron chi connectivity index (χ4n) is 4.20. The van der Waals surface area contributed by atoms with Crippen molar-refractivity contribution < 1.29 is 19.4 Å². The Morgan fingerprint density at radius 3 is 2.82 bits per heavy atom. The minimum absolute atomic E-state index is 0.0453. The lowest BCUT2D eigenvalue weighted by Gasteiger charge is -2.30. The molecule has 8 heteroatoms. The number of nitrogens with zero attached hydrogens (tertiary/aromatic N) is 2. The minimum Gasteiger partial charge on any atom is -0.483 e. The van der Waals surface area contributed by atoms with E-state index in [1.165, 1.54) is 0 Å². The number of pyridine rings is 1. The molecule has 0 saturated carbocycles. The lowest BCUT2D eigenvalue weighted by Crippen LogP contribution is -2.37. The summed E-state index contributed by atoms with van der Waals surface area (Å²) in [6.45, 7) is 3.98. The summed E-state index contributed by atoms with van der Waals surface area (Å²) in [5.74, 6) is 1.68. The van der Waals surface area contributed by atoms with Crippen LogP contribution in [0.5, 0.6) is 11.6 Å². The van der Waals surface area contributed by atoms with Gasteiger partial charge in [-0.2, -0.15) is 0 Å². The van der Waals surface area contributed by atoms with Crippen molar-refractivity contribution in [1.29, 1.82) is 0 Å². The van der Waals surface area contributed by atoms with Crippen LogP contribution in [0.15, 0.2) is 41.9 Å². The van der Waals surface area contributed by atoms with Crippen molar-refractivity contribution in [2.75, 3.05) is 26.3 Å². The molecule has 0 bridgehead atoms. The number of ether oxygens (including phenoxy) is 2. The molecule has 0 unspecified atom stereocenters. The molecule has 0 radical (unpaired) electrons. The van der Waals surface area contributed by atoms with Gasteiger partial charge in [-0.15, -0.1) is 11.3 Å². The minimum atomic E-state index is -0.411. The first kappa shape index (κ1) is 22.2. The smallest absolute Gasteiger partial charge is 0.258 e. The van der Waals surface area contributed by atoms with Gasteiger partial charge in [-0.05, 0) is 54.0 Å². The Balaban J connectivity index is 1.38. The van der Waals surface area contributed by atoms with Crippen molar-refractivity contribution >= 4 is 28.8 Å². The van der Waals surface area contributed by atoms with Crippen LogP contribution in [0.4, 0.5) is 0 Å². The average molecular weight is 485 g/mol. The molecule has 2 aliphatic heterocycles. The second kappa shape index (κ2) is 9.33. The highest BCUT2D eigenvalue weighted by Gasteiger charge is 2.26. The molecule has 172 valence electrons. The molecule has 1 atom stereocenters. The number of aliphatic hydroxyl groups excluding tert-OH is 1. The monoisotopic (exact) mass is 484 g/mol. The van der Waals surface area contributed by atoms with E-state index < -0.39 is 6.10 Å². The van der Waals surface area contributed by atoms with Crippen LogP contribution < -0.4 is 9.47 Å². The Morgan fingerprint density at radius 2 is 2.06 bits per heavy atom. The summed E-state index contributed by atoms with van der Waals surface area (Å²) in [4.78, 5) is 20.1. The van der Waals surface area contributed by atoms with Crippen molar-refractivity contribution in [3.05, 3.63) is 52.5 Å². The number of hydrogen-bond donors (Lipinski definition) is 1. The number of piperidine rings is 1. The molecule has 0 aliphatic carbocycles. The lowest BCUT2D eigenvalue weighted by molar-refractivity contribution is 0.0415. The van der Waals surface area contributed by atoms with E-state index in [-0.39, 0.29) is 19.1 Å². The quantitative estimate of drug-likeness (QED) is 0.555. The first-order valence-electron chi connectivity index (χ1n) is 11.1. The Morgan fingerprint density at radius 1 is 1.24 bits per heavy atom. The summed E-state index contributed by atoms with van der Waals surface area (Å²) < 4.78 is 11.6. The summed E-state index contributed by atoms with van der Waals surface area (Å²) in [7, 11) is 0. The van der Waals surface area contributed by atoms with Gasteiger partial charge in [0.1, 0.15) is 6.61 Å². The van der Waals surface area contributed by atoms with Crippen molar-refractivity contribution in [2.24, 2.45) is 5.92 Å². The maximum Gasteiger partial charge on any atom is 0.258 e. The number of carbonyl (C=O) groups is 1. The van der Waals surface area contributed by atoms with Crippen LogP contribution in [0.25, 0.3) is 21.6 Å². The molecule has 1 N–H and O–H groups in total. The third kappa shape index (κ3) is 4.45. The number of rotatable bonds is 4. The van der Waals surface area contributed by atoms with Crippen LogP contribution in [-0.2, 0) is 0 Å². The van der Waals surface area contributed by atoms with Gasteiger partial charge in [0.25, 0.3) is 11.8 Å². The predicted molar refractivity (Wildman–Crippen MR) is 129 cm³/mol. The first-order valence-corrected chi connectivity index (χ1v) is 12.4. The van der Waals surface area contributed by atoms with E-state index in [1.807, 2.05) is 28.5 Å². The Labute approximate surface area is 201 Å². The highest BCUT2D eigenvalue weighted by atomic mass is 35.5. The average Bonchev–Trinajstić information content (AvgIpc) is 3.33. The SMILES string of the molecule is CC1CCN(C(=O)c2ccc(-c3cc(-c4ccnc5c4OC[C@H](CO)O5)cs3)c(Cl)c2)CC1. The van der Waals surface area contributed by atoms with Crippen molar-refractivity contribution in [3.63, 3.8) is 0 Å². The zero-order valence-corrected chi connectivity index (χ0v) is 19.9. The van der Waals surface area contributed by atoms with E-state index in [4.69, 9.17) is 21.1 Å². The fraction of sp³-hybridized carbons (Fsp3) is 0.360. The molecule has 3 aromatic rings. The Kier molecular flexibility index (Phi) is 6.27. The van der Waals surface area contributed by atoms with E-state index in [1.54, 1.807) is 23.6 Å². The lowest BCUT2D eigenvalue weighted by atomic mass is 9.98. The highest BCUT2D eigenvalue weighted by molar-refractivity contribution is 7.14. The van der Waals surface area contributed by atoms with Gasteiger partial charge in [0.2, 0.25) is 0 Å². The standard InChI is InChI=1S/C25H25ClN2O4S/c1-15-5-8-28(9-6-15)25(30)16-2-3-20(21(26)10-16)22-11-17(14-33-22)19-4-7-27-24-23(19)31-13-18(12-29)32-24/h2-4,7,10-11,14-15,18,29H,5-6,8-9,12-13H2,1H3/t18-/m0/s1. The van der Waals surface area contributed by atoms with Crippen molar-refractivity contribution in [2.45, 2.75) is 25.9 Å². The normalized spacial score (nSPS) is 18.4. The second-order valence-corrected chi connectivity index (χ2v) is 9.91. The van der Waals surface area contributed by atoms with E-state index in [0.29, 0.717) is 28.1 Å². The number of carbonyl (C=O) groups excluding carboxylic acids is 1. The number of thiophene rings is 1. The van der Waals surface area contributed by atoms with E-state index in [2.05, 4.69) is 18.0 Å². The van der Waals surface area contributed by atoms with Gasteiger partial charge in [-0.25, -0.2) is 4.98 Å². The maximum absolute atomic E-state index is 12.9. The topological polar surface area (TPSA) is 71.9 Å². The molecule has 2 aromatic heterocycles. The summed E-state index contributed by atoms with van der Waals surface area (Å²) in [5.41, 5.74) is 3.36. The molecular formula is C25H25ClN2O4S. The third-order valence-electron chi connectivity index (χ3n) is 6.23. The Hall–Kier alpha value is -2.61. The van der Waals surface area contributed by atoms with Crippen molar-refractivity contribution in [1.82, 2.24) is 9.88 Å². The number of halogens is 1. The molecule has 0 spiro atoms. The highest BCUT2D eigenvalue weighted by Crippen LogP contribution is 2.43. The van der Waals surface area contributed by atoms with Crippen LogP contribution in [0.2, 0.25) is 5.02 Å². The number of hydrogen-bond acceptors (Lipinski definition) is 6. The number of aliphatic hydroxyl groups is 1. The van der Waals surface area contributed by atoms with Gasteiger partial charge in [-0.3, -0.25) is 4.79 Å². The number of fused-ring (bicyclic) bond motifs is 1. The second-order valence-electron chi connectivity index (χ2n) is 8.60. The van der Waals surface area contributed by atoms with E-state index in [0.717, 1.165) is 47.5 Å². The summed E-state index contributed by atoms with van der Waals surface area (Å²) >= 11 is 8.20. The number of amides is 1. The van der Waals surface area contributed by atoms with Gasteiger partial charge >= 0.3 is 0 Å². The summed E-state index contributed by atoms with van der Waals surface area (Å²) in [6.07, 6.45) is 3.35. The van der Waals surface area contributed by atoms with Gasteiger partial charge in [0.15, 0.2) is 11.9 Å². The van der Waals surface area contributed by atoms with Crippen LogP contribution in [-0.4, -0.2) is 53.3 Å². The molecule has 6 nitrogen and oxygen atoms in total. The van der Waals surface area contributed by atoms with E-state index >= 15 is 0 Å². The molecule has 1 amide bonds.